The van der Waals surface area contributed by atoms with E-state index in [1.807, 2.05) is 65.0 Å². The Morgan fingerprint density at radius 2 is 1.97 bits per heavy atom. The van der Waals surface area contributed by atoms with Gasteiger partial charge in [0.1, 0.15) is 0 Å². The van der Waals surface area contributed by atoms with Gasteiger partial charge in [0.05, 0.1) is 26.4 Å². The number of rotatable bonds is 4. The van der Waals surface area contributed by atoms with Gasteiger partial charge in [0.2, 0.25) is 0 Å². The van der Waals surface area contributed by atoms with E-state index in [4.69, 9.17) is 21.3 Å². The number of aryl methyl sites for hydroxylation is 2. The summed E-state index contributed by atoms with van der Waals surface area (Å²) in [7, 11) is 0. The maximum absolute atomic E-state index is 12.4. The lowest BCUT2D eigenvalue weighted by molar-refractivity contribution is -0.160. The molecule has 0 bridgehead atoms. The van der Waals surface area contributed by atoms with Crippen LogP contribution < -0.4 is 0 Å². The molecule has 0 aliphatic carbocycles. The topological polar surface area (TPSA) is 72.3 Å². The molecule has 1 atom stereocenters. The van der Waals surface area contributed by atoms with Gasteiger partial charge in [-0.25, -0.2) is 4.79 Å². The second-order valence-electron chi connectivity index (χ2n) is 8.50. The van der Waals surface area contributed by atoms with Crippen LogP contribution in [0, 0.1) is 13.8 Å². The highest BCUT2D eigenvalue weighted by molar-refractivity contribution is 7.19. The summed E-state index contributed by atoms with van der Waals surface area (Å²) in [6.45, 7) is 9.39. The van der Waals surface area contributed by atoms with Crippen molar-refractivity contribution >= 4 is 50.0 Å². The normalized spacial score (nSPS) is 13.1. The minimum Gasteiger partial charge on any atom is -0.479 e. The van der Waals surface area contributed by atoms with Crippen LogP contribution in [0.5, 0.6) is 0 Å². The lowest BCUT2D eigenvalue weighted by atomic mass is 9.92. The highest BCUT2D eigenvalue weighted by atomic mass is 35.5. The van der Waals surface area contributed by atoms with Gasteiger partial charge in [-0.15, -0.1) is 11.3 Å². The highest BCUT2D eigenvalue weighted by Crippen LogP contribution is 2.44. The van der Waals surface area contributed by atoms with Crippen LogP contribution in [0.1, 0.15) is 43.0 Å². The van der Waals surface area contributed by atoms with Crippen LogP contribution in [0.2, 0.25) is 5.02 Å². The molecule has 1 N–H and O–H groups in total. The Hall–Kier alpha value is -2.54. The first-order chi connectivity index (χ1) is 14.6. The maximum Gasteiger partial charge on any atom is 0.337 e. The zero-order valence-corrected chi connectivity index (χ0v) is 19.6. The summed E-state index contributed by atoms with van der Waals surface area (Å²) in [5, 5.41) is 11.5. The number of carboxylic acid groups (broad SMARTS) is 1. The molecule has 3 heterocycles. The first-order valence-corrected chi connectivity index (χ1v) is 11.1. The molecule has 0 saturated carbocycles. The Labute approximate surface area is 189 Å². The number of aliphatic carboxylic acids is 1. The van der Waals surface area contributed by atoms with Gasteiger partial charge in [0, 0.05) is 38.8 Å². The fourth-order valence-electron chi connectivity index (χ4n) is 3.82. The molecular weight excluding hydrogens is 432 g/mol. The summed E-state index contributed by atoms with van der Waals surface area (Å²) in [5.74, 6) is -1.06. The molecular formula is C24H23ClN2O3S. The molecule has 0 aliphatic heterocycles. The van der Waals surface area contributed by atoms with E-state index < -0.39 is 17.7 Å². The average molecular weight is 455 g/mol. The van der Waals surface area contributed by atoms with E-state index in [-0.39, 0.29) is 0 Å². The zero-order valence-electron chi connectivity index (χ0n) is 18.0. The van der Waals surface area contributed by atoms with Gasteiger partial charge in [-0.3, -0.25) is 9.97 Å². The van der Waals surface area contributed by atoms with Gasteiger partial charge < -0.3 is 9.84 Å². The lowest BCUT2D eigenvalue weighted by Gasteiger charge is -2.28. The molecule has 31 heavy (non-hydrogen) atoms. The van der Waals surface area contributed by atoms with Crippen molar-refractivity contribution < 1.29 is 14.6 Å². The fraction of sp³-hybridized carbons (Fsp3) is 0.292. The number of halogens is 1. The van der Waals surface area contributed by atoms with E-state index >= 15 is 0 Å². The lowest BCUT2D eigenvalue weighted by Crippen LogP contribution is -2.28. The van der Waals surface area contributed by atoms with Crippen molar-refractivity contribution in [3.63, 3.8) is 0 Å². The molecule has 0 unspecified atom stereocenters. The molecule has 160 valence electrons. The zero-order chi connectivity index (χ0) is 22.5. The molecule has 0 aliphatic rings. The average Bonchev–Trinajstić information content (AvgIpc) is 3.05. The summed E-state index contributed by atoms with van der Waals surface area (Å²) in [5.41, 5.74) is 3.66. The largest absolute Gasteiger partial charge is 0.479 e. The number of fused-ring (bicyclic) bond motifs is 2. The quantitative estimate of drug-likeness (QED) is 0.370. The Bertz CT molecular complexity index is 1320. The van der Waals surface area contributed by atoms with Crippen molar-refractivity contribution in [3.05, 3.63) is 57.7 Å². The van der Waals surface area contributed by atoms with Crippen LogP contribution in [-0.2, 0) is 9.53 Å². The third-order valence-corrected chi connectivity index (χ3v) is 6.34. The molecule has 7 heteroatoms. The maximum atomic E-state index is 12.4. The third-order valence-electron chi connectivity index (χ3n) is 4.95. The first kappa shape index (κ1) is 21.7. The summed E-state index contributed by atoms with van der Waals surface area (Å²) >= 11 is 8.03. The van der Waals surface area contributed by atoms with Gasteiger partial charge in [-0.05, 0) is 58.9 Å². The van der Waals surface area contributed by atoms with Crippen LogP contribution >= 0.6 is 22.9 Å². The second kappa shape index (κ2) is 7.86. The third kappa shape index (κ3) is 4.03. The van der Waals surface area contributed by atoms with E-state index in [1.165, 1.54) is 0 Å². The van der Waals surface area contributed by atoms with Gasteiger partial charge >= 0.3 is 5.97 Å². The summed E-state index contributed by atoms with van der Waals surface area (Å²) in [6.07, 6.45) is 0.538. The van der Waals surface area contributed by atoms with Crippen LogP contribution in [0.15, 0.2) is 36.5 Å². The Morgan fingerprint density at radius 3 is 2.65 bits per heavy atom. The van der Waals surface area contributed by atoms with Crippen molar-refractivity contribution in [2.24, 2.45) is 0 Å². The molecule has 4 aromatic rings. The second-order valence-corrected chi connectivity index (χ2v) is 10.2. The molecule has 5 nitrogen and oxygen atoms in total. The summed E-state index contributed by atoms with van der Waals surface area (Å²) < 4.78 is 6.95. The number of ether oxygens (including phenoxy) is 1. The predicted octanol–water partition coefficient (Wildman–Crippen LogP) is 6.72. The molecule has 0 spiro atoms. The van der Waals surface area contributed by atoms with Crippen molar-refractivity contribution in [2.75, 3.05) is 0 Å². The van der Waals surface area contributed by atoms with E-state index in [0.717, 1.165) is 31.6 Å². The monoisotopic (exact) mass is 454 g/mol. The Kier molecular flexibility index (Phi) is 5.50. The van der Waals surface area contributed by atoms with E-state index in [9.17, 15) is 9.90 Å². The van der Waals surface area contributed by atoms with Gasteiger partial charge in [0.15, 0.2) is 6.10 Å². The van der Waals surface area contributed by atoms with Crippen molar-refractivity contribution in [3.8, 4) is 11.1 Å². The first-order valence-electron chi connectivity index (χ1n) is 9.91. The van der Waals surface area contributed by atoms with Crippen LogP contribution in [0.3, 0.4) is 0 Å². The summed E-state index contributed by atoms with van der Waals surface area (Å²) in [6, 6.07) is 9.50. The van der Waals surface area contributed by atoms with Crippen LogP contribution in [0.4, 0.5) is 0 Å². The number of pyridine rings is 2. The number of hydrogen-bond donors (Lipinski definition) is 1. The smallest absolute Gasteiger partial charge is 0.337 e. The van der Waals surface area contributed by atoms with E-state index in [1.54, 1.807) is 17.5 Å². The van der Waals surface area contributed by atoms with E-state index in [0.29, 0.717) is 21.8 Å². The minimum atomic E-state index is -1.18. The molecule has 4 rings (SSSR count). The number of benzene rings is 1. The number of hydrogen-bond acceptors (Lipinski definition) is 5. The van der Waals surface area contributed by atoms with Crippen LogP contribution in [-0.4, -0.2) is 26.6 Å². The van der Waals surface area contributed by atoms with E-state index in [2.05, 4.69) is 4.98 Å². The molecule has 0 radical (unpaired) electrons. The predicted molar refractivity (Wildman–Crippen MR) is 126 cm³/mol. The Morgan fingerprint density at radius 1 is 1.23 bits per heavy atom. The number of aromatic nitrogens is 2. The number of thiophene rings is 1. The molecule has 0 amide bonds. The number of carbonyl (C=O) groups is 1. The summed E-state index contributed by atoms with van der Waals surface area (Å²) in [4.78, 5) is 22.8. The molecule has 3 aromatic heterocycles. The van der Waals surface area contributed by atoms with Crippen LogP contribution in [0.25, 0.3) is 32.2 Å². The van der Waals surface area contributed by atoms with Crippen molar-refractivity contribution in [1.82, 2.24) is 9.97 Å². The number of carboxylic acids is 1. The molecule has 1 aromatic carbocycles. The minimum absolute atomic E-state index is 0.547. The Balaban J connectivity index is 2.15. The van der Waals surface area contributed by atoms with Crippen molar-refractivity contribution in [1.29, 1.82) is 0 Å². The van der Waals surface area contributed by atoms with Gasteiger partial charge in [0.25, 0.3) is 0 Å². The standard InChI is InChI=1S/C24H23ClN2O3S/c1-12-11-17-22(31-12)19(15-8-9-16(25)14-7-6-10-26-20(14)15)18(13(2)27-17)21(23(28)29)30-24(3,4)5/h6-11,21H,1-5H3,(H,28,29)/t21-/m0/s1. The van der Waals surface area contributed by atoms with Gasteiger partial charge in [-0.2, -0.15) is 0 Å². The number of nitrogens with zero attached hydrogens (tertiary/aromatic N) is 2. The van der Waals surface area contributed by atoms with Crippen molar-refractivity contribution in [2.45, 2.75) is 46.3 Å². The molecule has 0 saturated heterocycles. The molecule has 0 fully saturated rings. The highest BCUT2D eigenvalue weighted by Gasteiger charge is 2.33. The SMILES string of the molecule is Cc1cc2nc(C)c([C@H](OC(C)(C)C)C(=O)O)c(-c3ccc(Cl)c4cccnc34)c2s1. The van der Waals surface area contributed by atoms with Gasteiger partial charge in [-0.1, -0.05) is 17.7 Å². The fourth-order valence-corrected chi connectivity index (χ4v) is 5.06.